The number of aliphatic hydroxyl groups excluding tert-OH is 1. The molecule has 1 saturated heterocycles. The molecule has 1 aliphatic heterocycles. The molecule has 2 atom stereocenters. The fraction of sp³-hybridized carbons (Fsp3) is 0.444. The number of nitrogens with zero attached hydrogens (tertiary/aromatic N) is 2. The Morgan fingerprint density at radius 1 is 1.42 bits per heavy atom. The first-order valence-corrected chi connectivity index (χ1v) is 9.13. The van der Waals surface area contributed by atoms with Crippen molar-refractivity contribution < 1.29 is 9.90 Å². The van der Waals surface area contributed by atoms with Crippen LogP contribution in [0.1, 0.15) is 27.3 Å². The smallest absolute Gasteiger partial charge is 0.263 e. The first kappa shape index (κ1) is 17.1. The monoisotopic (exact) mass is 345 g/mol. The van der Waals surface area contributed by atoms with Gasteiger partial charge in [0.05, 0.1) is 11.2 Å². The Morgan fingerprint density at radius 3 is 2.88 bits per heavy atom. The number of carbonyl (C=O) groups excluding carboxylic acids is 1. The van der Waals surface area contributed by atoms with Crippen LogP contribution in [-0.4, -0.2) is 46.6 Å². The van der Waals surface area contributed by atoms with Gasteiger partial charge < -0.3 is 10.4 Å². The van der Waals surface area contributed by atoms with Crippen LogP contribution < -0.4 is 5.32 Å². The van der Waals surface area contributed by atoms with E-state index in [9.17, 15) is 9.90 Å². The van der Waals surface area contributed by atoms with E-state index in [0.29, 0.717) is 4.88 Å². The van der Waals surface area contributed by atoms with E-state index in [0.717, 1.165) is 31.7 Å². The molecule has 6 heteroatoms. The number of amides is 1. The summed E-state index contributed by atoms with van der Waals surface area (Å²) in [6.45, 7) is 4.50. The van der Waals surface area contributed by atoms with Crippen LogP contribution in [0.25, 0.3) is 0 Å². The van der Waals surface area contributed by atoms with E-state index in [2.05, 4.69) is 27.3 Å². The summed E-state index contributed by atoms with van der Waals surface area (Å²) in [5.74, 6) is 0.0224. The van der Waals surface area contributed by atoms with Crippen molar-refractivity contribution >= 4 is 17.2 Å². The summed E-state index contributed by atoms with van der Waals surface area (Å²) in [7, 11) is 0. The van der Waals surface area contributed by atoms with E-state index < -0.39 is 0 Å². The number of aryl methyl sites for hydroxylation is 1. The van der Waals surface area contributed by atoms with Gasteiger partial charge in [-0.15, -0.1) is 11.3 Å². The largest absolute Gasteiger partial charge is 0.396 e. The normalized spacial score (nSPS) is 21.6. The lowest BCUT2D eigenvalue weighted by Gasteiger charge is -2.38. The summed E-state index contributed by atoms with van der Waals surface area (Å²) < 4.78 is 0. The van der Waals surface area contributed by atoms with E-state index in [1.54, 1.807) is 5.51 Å². The number of rotatable bonds is 5. The van der Waals surface area contributed by atoms with E-state index in [4.69, 9.17) is 0 Å². The molecule has 0 aliphatic carbocycles. The molecule has 128 valence electrons. The fourth-order valence-electron chi connectivity index (χ4n) is 3.19. The minimum absolute atomic E-state index is 0.0403. The average molecular weight is 345 g/mol. The number of piperidine rings is 1. The standard InChI is InChI=1S/C18H23N3O2S/c1-13-17(24-12-19-13)18(23)20-16-10-21(8-7-15(16)11-22)9-14-5-3-2-4-6-14/h2-6,12,15-16,22H,7-11H2,1H3,(H,20,23)/t15-,16-/m1/s1. The first-order valence-electron chi connectivity index (χ1n) is 8.25. The second-order valence-corrected chi connectivity index (χ2v) is 7.15. The van der Waals surface area contributed by atoms with Gasteiger partial charge in [0.15, 0.2) is 0 Å². The molecule has 0 saturated carbocycles. The van der Waals surface area contributed by atoms with Gasteiger partial charge in [0, 0.05) is 31.7 Å². The molecule has 0 bridgehead atoms. The molecule has 0 unspecified atom stereocenters. The van der Waals surface area contributed by atoms with Crippen LogP contribution in [-0.2, 0) is 6.54 Å². The predicted octanol–water partition coefficient (Wildman–Crippen LogP) is 2.06. The number of nitrogens with one attached hydrogen (secondary N) is 1. The summed E-state index contributed by atoms with van der Waals surface area (Å²) in [4.78, 5) is 19.6. The number of thiazole rings is 1. The maximum absolute atomic E-state index is 12.5. The summed E-state index contributed by atoms with van der Waals surface area (Å²) in [6.07, 6.45) is 0.885. The molecule has 2 aromatic rings. The minimum atomic E-state index is -0.0833. The van der Waals surface area contributed by atoms with Gasteiger partial charge in [0.25, 0.3) is 5.91 Å². The van der Waals surface area contributed by atoms with Gasteiger partial charge in [-0.25, -0.2) is 4.98 Å². The Hall–Kier alpha value is -1.76. The highest BCUT2D eigenvalue weighted by molar-refractivity contribution is 7.11. The molecule has 2 N–H and O–H groups in total. The van der Waals surface area contributed by atoms with Crippen LogP contribution in [0.4, 0.5) is 0 Å². The Balaban J connectivity index is 1.65. The van der Waals surface area contributed by atoms with Crippen LogP contribution >= 0.6 is 11.3 Å². The number of aromatic nitrogens is 1. The summed E-state index contributed by atoms with van der Waals surface area (Å²) in [5.41, 5.74) is 3.72. The van der Waals surface area contributed by atoms with Crippen molar-refractivity contribution in [2.24, 2.45) is 5.92 Å². The molecule has 0 spiro atoms. The molecule has 1 aliphatic rings. The van der Waals surface area contributed by atoms with Crippen LogP contribution in [0.3, 0.4) is 0 Å². The zero-order chi connectivity index (χ0) is 16.9. The third-order valence-electron chi connectivity index (χ3n) is 4.59. The second-order valence-electron chi connectivity index (χ2n) is 6.30. The van der Waals surface area contributed by atoms with E-state index in [-0.39, 0.29) is 24.5 Å². The molecule has 1 amide bonds. The molecule has 0 radical (unpaired) electrons. The van der Waals surface area contributed by atoms with Crippen molar-refractivity contribution in [1.82, 2.24) is 15.2 Å². The highest BCUT2D eigenvalue weighted by Crippen LogP contribution is 2.21. The predicted molar refractivity (Wildman–Crippen MR) is 95.0 cm³/mol. The average Bonchev–Trinajstić information content (AvgIpc) is 3.02. The lowest BCUT2D eigenvalue weighted by atomic mass is 9.92. The van der Waals surface area contributed by atoms with Gasteiger partial charge in [0.2, 0.25) is 0 Å². The number of benzene rings is 1. The number of aliphatic hydroxyl groups is 1. The molecule has 1 aromatic carbocycles. The quantitative estimate of drug-likeness (QED) is 0.871. The third kappa shape index (κ3) is 4.01. The molecule has 2 heterocycles. The topological polar surface area (TPSA) is 65.5 Å². The summed E-state index contributed by atoms with van der Waals surface area (Å²) >= 11 is 1.36. The molecule has 1 fully saturated rings. The second kappa shape index (κ2) is 7.88. The summed E-state index contributed by atoms with van der Waals surface area (Å²) in [5, 5.41) is 12.8. The van der Waals surface area contributed by atoms with E-state index >= 15 is 0 Å². The van der Waals surface area contributed by atoms with E-state index in [1.165, 1.54) is 16.9 Å². The lowest BCUT2D eigenvalue weighted by Crippen LogP contribution is -2.53. The molecule has 3 rings (SSSR count). The van der Waals surface area contributed by atoms with Crippen molar-refractivity contribution in [1.29, 1.82) is 0 Å². The maximum Gasteiger partial charge on any atom is 0.263 e. The van der Waals surface area contributed by atoms with Gasteiger partial charge in [-0.2, -0.15) is 0 Å². The molecule has 1 aromatic heterocycles. The van der Waals surface area contributed by atoms with Gasteiger partial charge in [0.1, 0.15) is 4.88 Å². The number of carbonyl (C=O) groups is 1. The van der Waals surface area contributed by atoms with Crippen LogP contribution in [0.5, 0.6) is 0 Å². The Kier molecular flexibility index (Phi) is 5.60. The molecule has 5 nitrogen and oxygen atoms in total. The van der Waals surface area contributed by atoms with Gasteiger partial charge >= 0.3 is 0 Å². The molecular formula is C18H23N3O2S. The Morgan fingerprint density at radius 2 is 2.21 bits per heavy atom. The number of likely N-dealkylation sites (tertiary alicyclic amines) is 1. The van der Waals surface area contributed by atoms with Crippen LogP contribution in [0.2, 0.25) is 0 Å². The van der Waals surface area contributed by atoms with Crippen molar-refractivity contribution in [3.63, 3.8) is 0 Å². The third-order valence-corrected chi connectivity index (χ3v) is 5.52. The van der Waals surface area contributed by atoms with Crippen molar-refractivity contribution in [3.8, 4) is 0 Å². The highest BCUT2D eigenvalue weighted by atomic mass is 32.1. The van der Waals surface area contributed by atoms with Crippen LogP contribution in [0, 0.1) is 12.8 Å². The molecular weight excluding hydrogens is 322 g/mol. The maximum atomic E-state index is 12.5. The van der Waals surface area contributed by atoms with Crippen LogP contribution in [0.15, 0.2) is 35.8 Å². The van der Waals surface area contributed by atoms with Crippen molar-refractivity contribution in [2.45, 2.75) is 25.9 Å². The first-order chi connectivity index (χ1) is 11.7. The number of hydrogen-bond acceptors (Lipinski definition) is 5. The van der Waals surface area contributed by atoms with Gasteiger partial charge in [-0.05, 0) is 25.5 Å². The zero-order valence-corrected chi connectivity index (χ0v) is 14.6. The Labute approximate surface area is 146 Å². The van der Waals surface area contributed by atoms with Gasteiger partial charge in [-0.3, -0.25) is 9.69 Å². The number of hydrogen-bond donors (Lipinski definition) is 2. The minimum Gasteiger partial charge on any atom is -0.396 e. The van der Waals surface area contributed by atoms with Gasteiger partial charge in [-0.1, -0.05) is 30.3 Å². The lowest BCUT2D eigenvalue weighted by molar-refractivity contribution is 0.0733. The van der Waals surface area contributed by atoms with Crippen molar-refractivity contribution in [3.05, 3.63) is 52.0 Å². The molecule has 24 heavy (non-hydrogen) atoms. The van der Waals surface area contributed by atoms with E-state index in [1.807, 2.05) is 25.1 Å². The Bertz CT molecular complexity index is 674. The SMILES string of the molecule is Cc1ncsc1C(=O)N[C@@H]1CN(Cc2ccccc2)CC[C@@H]1CO. The highest BCUT2D eigenvalue weighted by Gasteiger charge is 2.30. The van der Waals surface area contributed by atoms with Crippen molar-refractivity contribution in [2.75, 3.05) is 19.7 Å². The summed E-state index contributed by atoms with van der Waals surface area (Å²) in [6, 6.07) is 10.3. The fourth-order valence-corrected chi connectivity index (χ4v) is 3.89. The zero-order valence-electron chi connectivity index (χ0n) is 13.8.